The van der Waals surface area contributed by atoms with Crippen LogP contribution in [0.15, 0.2) is 0 Å². The van der Waals surface area contributed by atoms with Crippen molar-refractivity contribution in [3.05, 3.63) is 0 Å². The number of halogens is 2. The van der Waals surface area contributed by atoms with Gasteiger partial charge in [0.1, 0.15) is 0 Å². The van der Waals surface area contributed by atoms with E-state index in [1.807, 2.05) is 0 Å². The third-order valence-electron chi connectivity index (χ3n) is 1.93. The van der Waals surface area contributed by atoms with Crippen LogP contribution in [0.2, 0.25) is 0 Å². The molecule has 0 aromatic heterocycles. The maximum absolute atomic E-state index is 11.0. The summed E-state index contributed by atoms with van der Waals surface area (Å²) in [6.07, 6.45) is 7.45. The van der Waals surface area contributed by atoms with Gasteiger partial charge in [0.15, 0.2) is 0 Å². The van der Waals surface area contributed by atoms with Crippen LogP contribution in [0.4, 0.5) is 0 Å². The summed E-state index contributed by atoms with van der Waals surface area (Å²) in [6.45, 7) is 2.19. The fourth-order valence-corrected chi connectivity index (χ4v) is 3.12. The van der Waals surface area contributed by atoms with E-state index in [0.717, 1.165) is 12.8 Å². The van der Waals surface area contributed by atoms with E-state index in [4.69, 9.17) is 20.9 Å². The Morgan fingerprint density at radius 2 is 1.71 bits per heavy atom. The summed E-state index contributed by atoms with van der Waals surface area (Å²) >= 11 is -2.69. The Balaban J connectivity index is 3.15. The van der Waals surface area contributed by atoms with Crippen LogP contribution in [0, 0.1) is 0 Å². The van der Waals surface area contributed by atoms with Crippen LogP contribution in [-0.2, 0) is 7.87 Å². The molecule has 0 amide bonds. The molecule has 0 N–H and O–H groups in total. The molecule has 0 spiro atoms. The zero-order valence-electron chi connectivity index (χ0n) is 8.52. The van der Waals surface area contributed by atoms with Gasteiger partial charge in [-0.2, -0.15) is 0 Å². The van der Waals surface area contributed by atoms with Gasteiger partial charge in [-0.1, -0.05) is 0 Å². The van der Waals surface area contributed by atoms with Gasteiger partial charge in [-0.15, -0.1) is 0 Å². The van der Waals surface area contributed by atoms with Crippen LogP contribution in [0.25, 0.3) is 0 Å². The fourth-order valence-electron chi connectivity index (χ4n) is 1.19. The average Bonchev–Trinajstić information content (AvgIpc) is 2.10. The monoisotopic (exact) mass is 347 g/mol. The molecule has 0 aliphatic rings. The van der Waals surface area contributed by atoms with Crippen LogP contribution < -0.4 is 0 Å². The number of carbonyl (C=O) groups excluding carboxylic acids is 1. The van der Waals surface area contributed by atoms with E-state index < -0.39 is 17.9 Å². The van der Waals surface area contributed by atoms with E-state index in [-0.39, 0.29) is 5.97 Å². The van der Waals surface area contributed by atoms with Crippen LogP contribution in [-0.4, -0.2) is 23.9 Å². The van der Waals surface area contributed by atoms with Gasteiger partial charge in [-0.05, 0) is 0 Å². The molecule has 2 nitrogen and oxygen atoms in total. The summed E-state index contributed by atoms with van der Waals surface area (Å²) in [6, 6.07) is 0. The van der Waals surface area contributed by atoms with Gasteiger partial charge in [0.05, 0.1) is 0 Å². The predicted molar refractivity (Wildman–Crippen MR) is 61.5 cm³/mol. The minimum atomic E-state index is -2.69. The van der Waals surface area contributed by atoms with Gasteiger partial charge in [-0.3, -0.25) is 0 Å². The number of carbonyl (C=O) groups is 1. The van der Waals surface area contributed by atoms with Gasteiger partial charge >= 0.3 is 101 Å². The molecule has 0 bridgehead atoms. The molecule has 5 heteroatoms. The summed E-state index contributed by atoms with van der Waals surface area (Å²) in [5.41, 5.74) is 0. The molecule has 0 atom stereocenters. The fraction of sp³-hybridized carbons (Fsp3) is 0.889. The molecule has 0 aliphatic heterocycles. The van der Waals surface area contributed by atoms with Crippen molar-refractivity contribution in [1.29, 1.82) is 0 Å². The first-order valence-electron chi connectivity index (χ1n) is 5.05. The van der Waals surface area contributed by atoms with Crippen LogP contribution in [0.5, 0.6) is 0 Å². The minimum absolute atomic E-state index is 0.222. The Kier molecular flexibility index (Phi) is 11.0. The third kappa shape index (κ3) is 10.9. The van der Waals surface area contributed by atoms with E-state index in [1.54, 1.807) is 0 Å². The average molecular weight is 347 g/mol. The van der Waals surface area contributed by atoms with Crippen molar-refractivity contribution in [2.75, 3.05) is 0 Å². The second-order valence-corrected chi connectivity index (χ2v) is 11.0. The Labute approximate surface area is 101 Å². The third-order valence-corrected chi connectivity index (χ3v) is 4.05. The van der Waals surface area contributed by atoms with Crippen molar-refractivity contribution in [1.82, 2.24) is 0 Å². The maximum atomic E-state index is 11.0. The quantitative estimate of drug-likeness (QED) is 0.494. The van der Waals surface area contributed by atoms with Gasteiger partial charge in [0.2, 0.25) is 0 Å². The predicted octanol–water partition coefficient (Wildman–Crippen LogP) is 3.74. The molecular weight excluding hydrogens is 330 g/mol. The Morgan fingerprint density at radius 1 is 1.14 bits per heavy atom. The van der Waals surface area contributed by atoms with E-state index in [9.17, 15) is 4.79 Å². The molecule has 83 valence electrons. The number of hydrogen-bond donors (Lipinski definition) is 0. The van der Waals surface area contributed by atoms with Gasteiger partial charge in [-0.25, -0.2) is 0 Å². The Morgan fingerprint density at radius 3 is 2.29 bits per heavy atom. The summed E-state index contributed by atoms with van der Waals surface area (Å²) < 4.78 is 4.77. The SMILES string of the molecule is CCCCCCCCC(=O)[O][Sn]([Cl])[Cl]. The first-order valence-corrected chi connectivity index (χ1v) is 13.4. The number of rotatable bonds is 8. The molecule has 0 rings (SSSR count). The normalized spacial score (nSPS) is 10.6. The Hall–Kier alpha value is 0.849. The molecule has 1 radical (unpaired) electrons. The molecule has 14 heavy (non-hydrogen) atoms. The van der Waals surface area contributed by atoms with Crippen molar-refractivity contribution < 1.29 is 7.87 Å². The number of hydrogen-bond acceptors (Lipinski definition) is 2. The molecule has 0 aromatic rings. The first-order chi connectivity index (χ1) is 6.66. The summed E-state index contributed by atoms with van der Waals surface area (Å²) in [4.78, 5) is 11.0. The van der Waals surface area contributed by atoms with Crippen molar-refractivity contribution in [3.8, 4) is 0 Å². The van der Waals surface area contributed by atoms with E-state index in [1.165, 1.54) is 25.7 Å². The van der Waals surface area contributed by atoms with E-state index in [0.29, 0.717) is 6.42 Å². The molecule has 0 aromatic carbocycles. The van der Waals surface area contributed by atoms with E-state index >= 15 is 0 Å². The molecule has 0 aliphatic carbocycles. The summed E-state index contributed by atoms with van der Waals surface area (Å²) in [5, 5.41) is 0. The zero-order chi connectivity index (χ0) is 10.8. The molecular formula is C9H17Cl2O2Sn. The standard InChI is InChI=1S/C9H18O2.2ClH.Sn/c1-2-3-4-5-6-7-8-9(10)11;;;/h2-8H2,1H3,(H,10,11);2*1H;/q;;;+3/p-3. The van der Waals surface area contributed by atoms with Crippen molar-refractivity contribution >= 4 is 41.7 Å². The van der Waals surface area contributed by atoms with E-state index in [2.05, 4.69) is 6.92 Å². The van der Waals surface area contributed by atoms with Crippen LogP contribution in [0.1, 0.15) is 51.9 Å². The van der Waals surface area contributed by atoms with Crippen LogP contribution in [0.3, 0.4) is 0 Å². The summed E-state index contributed by atoms with van der Waals surface area (Å²) in [7, 11) is 10.9. The number of unbranched alkanes of at least 4 members (excludes halogenated alkanes) is 5. The van der Waals surface area contributed by atoms with Gasteiger partial charge in [0, 0.05) is 0 Å². The molecule has 0 saturated carbocycles. The molecule has 0 heterocycles. The van der Waals surface area contributed by atoms with Gasteiger partial charge in [0.25, 0.3) is 0 Å². The van der Waals surface area contributed by atoms with Crippen molar-refractivity contribution in [3.63, 3.8) is 0 Å². The molecule has 0 saturated heterocycles. The van der Waals surface area contributed by atoms with Crippen molar-refractivity contribution in [2.24, 2.45) is 0 Å². The molecule has 0 fully saturated rings. The Bertz CT molecular complexity index is 154. The second kappa shape index (κ2) is 10.4. The molecule has 0 unspecified atom stereocenters. The van der Waals surface area contributed by atoms with Gasteiger partial charge < -0.3 is 0 Å². The summed E-state index contributed by atoms with van der Waals surface area (Å²) in [5.74, 6) is -0.222. The van der Waals surface area contributed by atoms with Crippen molar-refractivity contribution in [2.45, 2.75) is 51.9 Å². The second-order valence-electron chi connectivity index (χ2n) is 3.22. The zero-order valence-corrected chi connectivity index (χ0v) is 12.9. The first kappa shape index (κ1) is 14.8. The van der Waals surface area contributed by atoms with Crippen LogP contribution >= 0.6 is 17.8 Å². The topological polar surface area (TPSA) is 26.3 Å².